The van der Waals surface area contributed by atoms with E-state index in [2.05, 4.69) is 20.2 Å². The number of nitrogens with zero attached hydrogens (tertiary/aromatic N) is 5. The van der Waals surface area contributed by atoms with E-state index < -0.39 is 0 Å². The summed E-state index contributed by atoms with van der Waals surface area (Å²) in [6.07, 6.45) is 8.31. The van der Waals surface area contributed by atoms with Crippen LogP contribution in [0.2, 0.25) is 0 Å². The van der Waals surface area contributed by atoms with E-state index >= 15 is 0 Å². The van der Waals surface area contributed by atoms with Gasteiger partial charge in [-0.2, -0.15) is 15.3 Å². The number of rotatable bonds is 4. The van der Waals surface area contributed by atoms with E-state index in [1.807, 2.05) is 18.2 Å². The fourth-order valence-corrected chi connectivity index (χ4v) is 3.87. The highest BCUT2D eigenvalue weighted by Crippen LogP contribution is 2.21. The highest BCUT2D eigenvalue weighted by atomic mass is 16.1. The van der Waals surface area contributed by atoms with E-state index in [1.165, 1.54) is 12.8 Å². The summed E-state index contributed by atoms with van der Waals surface area (Å²) in [7, 11) is 0. The van der Waals surface area contributed by atoms with Crippen molar-refractivity contribution in [3.05, 3.63) is 51.7 Å². The number of hydrogen-bond donors (Lipinski definition) is 0. The zero-order valence-electron chi connectivity index (χ0n) is 13.9. The molecule has 1 fully saturated rings. The molecule has 1 atom stereocenters. The quantitative estimate of drug-likeness (QED) is 0.854. The van der Waals surface area contributed by atoms with Crippen LogP contribution in [0.5, 0.6) is 0 Å². The van der Waals surface area contributed by atoms with Gasteiger partial charge in [0.2, 0.25) is 0 Å². The van der Waals surface area contributed by atoms with Crippen LogP contribution in [0.1, 0.15) is 42.6 Å². The largest absolute Gasteiger partial charge is 0.293 e. The van der Waals surface area contributed by atoms with Gasteiger partial charge in [0.05, 0.1) is 17.9 Å². The molecule has 0 spiro atoms. The molecule has 1 saturated heterocycles. The maximum Gasteiger partial charge on any atom is 0.267 e. The van der Waals surface area contributed by atoms with E-state index in [0.29, 0.717) is 12.6 Å². The third-order valence-electron chi connectivity index (χ3n) is 5.15. The van der Waals surface area contributed by atoms with Crippen LogP contribution in [-0.4, -0.2) is 37.5 Å². The predicted octanol–water partition coefficient (Wildman–Crippen LogP) is 1.58. The second kappa shape index (κ2) is 6.81. The molecule has 0 N–H and O–H groups in total. The summed E-state index contributed by atoms with van der Waals surface area (Å²) >= 11 is 0. The molecule has 6 nitrogen and oxygen atoms in total. The average Bonchev–Trinajstić information content (AvgIpc) is 3.03. The van der Waals surface area contributed by atoms with Crippen molar-refractivity contribution >= 4 is 0 Å². The Morgan fingerprint density at radius 2 is 2.12 bits per heavy atom. The van der Waals surface area contributed by atoms with E-state index in [1.54, 1.807) is 10.9 Å². The number of aromatic nitrogens is 4. The van der Waals surface area contributed by atoms with E-state index in [-0.39, 0.29) is 5.56 Å². The van der Waals surface area contributed by atoms with Crippen molar-refractivity contribution in [3.63, 3.8) is 0 Å². The Kier molecular flexibility index (Phi) is 4.38. The van der Waals surface area contributed by atoms with Gasteiger partial charge in [0.15, 0.2) is 0 Å². The monoisotopic (exact) mass is 325 g/mol. The van der Waals surface area contributed by atoms with Gasteiger partial charge in [0.1, 0.15) is 0 Å². The molecule has 0 aromatic carbocycles. The molecule has 1 unspecified atom stereocenters. The lowest BCUT2D eigenvalue weighted by Crippen LogP contribution is -2.37. The first-order valence-corrected chi connectivity index (χ1v) is 8.90. The highest BCUT2D eigenvalue weighted by molar-refractivity contribution is 5.20. The molecule has 0 amide bonds. The molecule has 0 radical (unpaired) electrons. The summed E-state index contributed by atoms with van der Waals surface area (Å²) in [6, 6.07) is 6.08. The van der Waals surface area contributed by atoms with Gasteiger partial charge in [0.25, 0.3) is 5.56 Å². The van der Waals surface area contributed by atoms with E-state index in [9.17, 15) is 4.79 Å². The molecule has 6 heteroatoms. The lowest BCUT2D eigenvalue weighted by atomic mass is 9.97. The first-order valence-electron chi connectivity index (χ1n) is 8.90. The fraction of sp³-hybridized carbons (Fsp3) is 0.556. The van der Waals surface area contributed by atoms with Gasteiger partial charge < -0.3 is 0 Å². The Hall–Kier alpha value is -2.08. The minimum Gasteiger partial charge on any atom is -0.293 e. The summed E-state index contributed by atoms with van der Waals surface area (Å²) in [5.41, 5.74) is 3.31. The van der Waals surface area contributed by atoms with Gasteiger partial charge in [-0.1, -0.05) is 0 Å². The molecular formula is C18H23N5O. The van der Waals surface area contributed by atoms with Gasteiger partial charge in [-0.05, 0) is 62.8 Å². The van der Waals surface area contributed by atoms with Crippen LogP contribution in [-0.2, 0) is 25.9 Å². The smallest absolute Gasteiger partial charge is 0.267 e. The molecule has 2 aromatic heterocycles. The minimum atomic E-state index is 0.0435. The molecule has 2 aromatic rings. The second-order valence-electron chi connectivity index (χ2n) is 6.83. The number of fused-ring (bicyclic) bond motifs is 1. The SMILES string of the molecule is O=c1cc2c(nn1CC1CCCN1Cc1cccnn1)CCCC2. The van der Waals surface area contributed by atoms with Gasteiger partial charge in [-0.3, -0.25) is 9.69 Å². The first-order chi connectivity index (χ1) is 11.8. The molecule has 1 aliphatic heterocycles. The van der Waals surface area contributed by atoms with Crippen molar-refractivity contribution in [1.29, 1.82) is 0 Å². The van der Waals surface area contributed by atoms with Crippen LogP contribution in [0.4, 0.5) is 0 Å². The van der Waals surface area contributed by atoms with E-state index in [0.717, 1.165) is 55.7 Å². The van der Waals surface area contributed by atoms with Crippen molar-refractivity contribution in [2.75, 3.05) is 6.54 Å². The maximum atomic E-state index is 12.4. The molecule has 4 rings (SSSR count). The summed E-state index contributed by atoms with van der Waals surface area (Å²) < 4.78 is 1.68. The topological polar surface area (TPSA) is 63.9 Å². The third kappa shape index (κ3) is 3.24. The zero-order valence-corrected chi connectivity index (χ0v) is 13.9. The standard InChI is InChI=1S/C18H23N5O/c24-18-11-14-5-1-2-8-17(14)21-23(18)13-16-7-4-10-22(16)12-15-6-3-9-19-20-15/h3,6,9,11,16H,1-2,4-5,7-8,10,12-13H2. The van der Waals surface area contributed by atoms with Gasteiger partial charge in [-0.15, -0.1) is 0 Å². The molecular weight excluding hydrogens is 302 g/mol. The van der Waals surface area contributed by atoms with Crippen molar-refractivity contribution in [1.82, 2.24) is 24.9 Å². The Morgan fingerprint density at radius 3 is 3.00 bits per heavy atom. The van der Waals surface area contributed by atoms with Crippen molar-refractivity contribution in [2.45, 2.75) is 57.7 Å². The number of hydrogen-bond acceptors (Lipinski definition) is 5. The Morgan fingerprint density at radius 1 is 1.21 bits per heavy atom. The summed E-state index contributed by atoms with van der Waals surface area (Å²) in [6.45, 7) is 2.51. The minimum absolute atomic E-state index is 0.0435. The zero-order chi connectivity index (χ0) is 16.4. The Labute approximate surface area is 141 Å². The van der Waals surface area contributed by atoms with Crippen LogP contribution in [0.3, 0.4) is 0 Å². The molecule has 1 aliphatic carbocycles. The molecule has 0 saturated carbocycles. The number of likely N-dealkylation sites (tertiary alicyclic amines) is 1. The average molecular weight is 325 g/mol. The van der Waals surface area contributed by atoms with Crippen molar-refractivity contribution in [3.8, 4) is 0 Å². The van der Waals surface area contributed by atoms with Crippen LogP contribution >= 0.6 is 0 Å². The maximum absolute atomic E-state index is 12.4. The second-order valence-corrected chi connectivity index (χ2v) is 6.83. The molecule has 3 heterocycles. The van der Waals surface area contributed by atoms with Crippen LogP contribution in [0.15, 0.2) is 29.2 Å². The van der Waals surface area contributed by atoms with Gasteiger partial charge >= 0.3 is 0 Å². The molecule has 126 valence electrons. The highest BCUT2D eigenvalue weighted by Gasteiger charge is 2.26. The lowest BCUT2D eigenvalue weighted by Gasteiger charge is -2.25. The Bertz CT molecular complexity index is 758. The fourth-order valence-electron chi connectivity index (χ4n) is 3.87. The molecule has 0 bridgehead atoms. The predicted molar refractivity (Wildman–Crippen MR) is 90.6 cm³/mol. The number of aryl methyl sites for hydroxylation is 2. The van der Waals surface area contributed by atoms with Crippen molar-refractivity contribution < 1.29 is 0 Å². The summed E-state index contributed by atoms with van der Waals surface area (Å²) in [5, 5.41) is 12.8. The molecule has 2 aliphatic rings. The third-order valence-corrected chi connectivity index (χ3v) is 5.15. The lowest BCUT2D eigenvalue weighted by molar-refractivity contribution is 0.213. The van der Waals surface area contributed by atoms with Gasteiger partial charge in [-0.25, -0.2) is 4.68 Å². The summed E-state index contributed by atoms with van der Waals surface area (Å²) in [5.74, 6) is 0. The molecule has 24 heavy (non-hydrogen) atoms. The van der Waals surface area contributed by atoms with E-state index in [4.69, 9.17) is 0 Å². The first kappa shape index (κ1) is 15.4. The van der Waals surface area contributed by atoms with Crippen molar-refractivity contribution in [2.24, 2.45) is 0 Å². The van der Waals surface area contributed by atoms with Crippen LogP contribution in [0, 0.1) is 0 Å². The normalized spacial score (nSPS) is 20.9. The Balaban J connectivity index is 1.51. The summed E-state index contributed by atoms with van der Waals surface area (Å²) in [4.78, 5) is 14.8. The van der Waals surface area contributed by atoms with Gasteiger partial charge in [0, 0.05) is 24.8 Å². The van der Waals surface area contributed by atoms with Crippen LogP contribution < -0.4 is 5.56 Å². The van der Waals surface area contributed by atoms with Crippen LogP contribution in [0.25, 0.3) is 0 Å².